The van der Waals surface area contributed by atoms with Crippen LogP contribution in [-0.4, -0.2) is 55.4 Å². The van der Waals surface area contributed by atoms with Gasteiger partial charge < -0.3 is 26.0 Å². The first-order valence-electron chi connectivity index (χ1n) is 11.7. The molecule has 1 fully saturated rings. The highest BCUT2D eigenvalue weighted by molar-refractivity contribution is 6.01. The van der Waals surface area contributed by atoms with Crippen molar-refractivity contribution in [2.75, 3.05) is 19.7 Å². The molecule has 4 amide bonds. The second kappa shape index (κ2) is 11.7. The van der Waals surface area contributed by atoms with Crippen LogP contribution >= 0.6 is 0 Å². The van der Waals surface area contributed by atoms with Gasteiger partial charge >= 0.3 is 0 Å². The molecule has 180 valence electrons. The van der Waals surface area contributed by atoms with Crippen molar-refractivity contribution in [1.29, 1.82) is 0 Å². The molecule has 1 aromatic carbocycles. The number of hydrogen-bond acceptors (Lipinski definition) is 5. The van der Waals surface area contributed by atoms with E-state index in [1.54, 1.807) is 24.3 Å². The Bertz CT molecular complexity index is 868. The maximum atomic E-state index is 13.0. The molecule has 2 atom stereocenters. The van der Waals surface area contributed by atoms with Crippen molar-refractivity contribution >= 4 is 23.6 Å². The fourth-order valence-corrected chi connectivity index (χ4v) is 3.65. The van der Waals surface area contributed by atoms with Gasteiger partial charge in [0.15, 0.2) is 0 Å². The minimum Gasteiger partial charge on any atom is -0.493 e. The topological polar surface area (TPSA) is 126 Å². The van der Waals surface area contributed by atoms with E-state index in [1.807, 2.05) is 13.8 Å². The summed E-state index contributed by atoms with van der Waals surface area (Å²) in [6.07, 6.45) is 2.86. The number of carbonyl (C=O) groups is 4. The van der Waals surface area contributed by atoms with Crippen molar-refractivity contribution in [3.8, 4) is 5.75 Å². The van der Waals surface area contributed by atoms with Gasteiger partial charge in [0.2, 0.25) is 17.7 Å². The quantitative estimate of drug-likeness (QED) is 0.526. The minimum atomic E-state index is -1.07. The lowest BCUT2D eigenvalue weighted by molar-refractivity contribution is -0.131. The van der Waals surface area contributed by atoms with Crippen molar-refractivity contribution in [2.45, 2.75) is 58.0 Å². The number of hydrogen-bond donors (Lipinski definition) is 4. The molecule has 0 spiro atoms. The Morgan fingerprint density at radius 1 is 1.15 bits per heavy atom. The van der Waals surface area contributed by atoms with Gasteiger partial charge in [-0.05, 0) is 49.7 Å². The molecule has 0 radical (unpaired) electrons. The third-order valence-electron chi connectivity index (χ3n) is 5.64. The summed E-state index contributed by atoms with van der Waals surface area (Å²) in [7, 11) is 0. The van der Waals surface area contributed by atoms with Gasteiger partial charge in [0, 0.05) is 13.1 Å². The SMILES string of the molecule is CC(C)C[C@@H]1NC(=O)C[C@@H](C(=O)NCC2CC2)NC(=O)c2ccccc2OCCCNC1=O. The van der Waals surface area contributed by atoms with E-state index in [1.165, 1.54) is 0 Å². The molecule has 33 heavy (non-hydrogen) atoms. The van der Waals surface area contributed by atoms with Crippen LogP contribution in [0.25, 0.3) is 0 Å². The maximum Gasteiger partial charge on any atom is 0.255 e. The predicted molar refractivity (Wildman–Crippen MR) is 123 cm³/mol. The number of carbonyl (C=O) groups excluding carboxylic acids is 4. The Kier molecular flexibility index (Phi) is 8.68. The van der Waals surface area contributed by atoms with Gasteiger partial charge in [0.1, 0.15) is 17.8 Å². The molecule has 0 aromatic heterocycles. The lowest BCUT2D eigenvalue weighted by Gasteiger charge is -2.22. The van der Waals surface area contributed by atoms with Crippen molar-refractivity contribution < 1.29 is 23.9 Å². The highest BCUT2D eigenvalue weighted by atomic mass is 16.5. The van der Waals surface area contributed by atoms with Crippen LogP contribution in [0.1, 0.15) is 56.3 Å². The Balaban J connectivity index is 1.81. The molecule has 1 aromatic rings. The fourth-order valence-electron chi connectivity index (χ4n) is 3.65. The van der Waals surface area contributed by atoms with Gasteiger partial charge in [-0.25, -0.2) is 0 Å². The van der Waals surface area contributed by atoms with Gasteiger partial charge in [-0.1, -0.05) is 26.0 Å². The summed E-state index contributed by atoms with van der Waals surface area (Å²) >= 11 is 0. The summed E-state index contributed by atoms with van der Waals surface area (Å²) in [5.41, 5.74) is 0.287. The molecule has 0 saturated heterocycles. The molecule has 0 bridgehead atoms. The molecule has 0 unspecified atom stereocenters. The monoisotopic (exact) mass is 458 g/mol. The molecule has 4 N–H and O–H groups in total. The summed E-state index contributed by atoms with van der Waals surface area (Å²) in [5.74, 6) is -0.637. The zero-order valence-corrected chi connectivity index (χ0v) is 19.3. The first-order chi connectivity index (χ1) is 15.8. The van der Waals surface area contributed by atoms with E-state index in [0.29, 0.717) is 44.2 Å². The highest BCUT2D eigenvalue weighted by Crippen LogP contribution is 2.27. The van der Waals surface area contributed by atoms with Gasteiger partial charge in [-0.15, -0.1) is 0 Å². The molecule has 9 heteroatoms. The fraction of sp³-hybridized carbons (Fsp3) is 0.583. The van der Waals surface area contributed by atoms with E-state index in [2.05, 4.69) is 21.3 Å². The third-order valence-corrected chi connectivity index (χ3v) is 5.64. The van der Waals surface area contributed by atoms with Gasteiger partial charge in [0.05, 0.1) is 18.6 Å². The summed E-state index contributed by atoms with van der Waals surface area (Å²) in [5, 5.41) is 11.1. The molecular weight excluding hydrogens is 424 g/mol. The molecule has 2 aliphatic rings. The number of nitrogens with one attached hydrogen (secondary N) is 4. The Hall–Kier alpha value is -3.10. The second-order valence-corrected chi connectivity index (χ2v) is 9.16. The molecule has 1 heterocycles. The molecule has 3 rings (SSSR count). The summed E-state index contributed by atoms with van der Waals surface area (Å²) in [6, 6.07) is 4.97. The largest absolute Gasteiger partial charge is 0.493 e. The van der Waals surface area contributed by atoms with Crippen LogP contribution in [0.4, 0.5) is 0 Å². The average molecular weight is 459 g/mol. The van der Waals surface area contributed by atoms with E-state index in [9.17, 15) is 19.2 Å². The summed E-state index contributed by atoms with van der Waals surface area (Å²) in [4.78, 5) is 51.3. The highest BCUT2D eigenvalue weighted by Gasteiger charge is 2.30. The normalized spacial score (nSPS) is 22.6. The Labute approximate surface area is 194 Å². The lowest BCUT2D eigenvalue weighted by Crippen LogP contribution is -2.52. The number of benzene rings is 1. The van der Waals surface area contributed by atoms with Gasteiger partial charge in [-0.2, -0.15) is 0 Å². The van der Waals surface area contributed by atoms with E-state index in [4.69, 9.17) is 4.74 Å². The predicted octanol–water partition coefficient (Wildman–Crippen LogP) is 1.13. The Morgan fingerprint density at radius 2 is 1.91 bits per heavy atom. The van der Waals surface area contributed by atoms with Crippen LogP contribution in [0, 0.1) is 11.8 Å². The van der Waals surface area contributed by atoms with Crippen LogP contribution < -0.4 is 26.0 Å². The van der Waals surface area contributed by atoms with Crippen LogP contribution in [0.3, 0.4) is 0 Å². The van der Waals surface area contributed by atoms with Crippen molar-refractivity contribution in [2.24, 2.45) is 11.8 Å². The molecule has 1 aliphatic heterocycles. The summed E-state index contributed by atoms with van der Waals surface area (Å²) < 4.78 is 5.77. The van der Waals surface area contributed by atoms with Crippen LogP contribution in [0.15, 0.2) is 24.3 Å². The summed E-state index contributed by atoms with van der Waals surface area (Å²) in [6.45, 7) is 5.13. The molecule has 1 aliphatic carbocycles. The number of amides is 4. The first-order valence-corrected chi connectivity index (χ1v) is 11.7. The lowest BCUT2D eigenvalue weighted by atomic mass is 10.0. The molecule has 9 nitrogen and oxygen atoms in total. The zero-order valence-electron chi connectivity index (χ0n) is 19.3. The van der Waals surface area contributed by atoms with E-state index in [0.717, 1.165) is 12.8 Å². The van der Waals surface area contributed by atoms with Crippen LogP contribution in [-0.2, 0) is 14.4 Å². The molecular formula is C24H34N4O5. The van der Waals surface area contributed by atoms with Gasteiger partial charge in [-0.3, -0.25) is 19.2 Å². The number of ether oxygens (including phenoxy) is 1. The standard InChI is InChI=1S/C24H34N4O5/c1-15(2)12-18-23(31)25-10-5-11-33-20-7-4-3-6-17(20)22(30)28-19(13-21(29)27-18)24(32)26-14-16-8-9-16/h3-4,6-7,15-16,18-19H,5,8-14H2,1-2H3,(H,25,31)(H,26,32)(H,27,29)(H,28,30)/t18-,19-/m0/s1. The van der Waals surface area contributed by atoms with E-state index >= 15 is 0 Å². The first kappa shape index (κ1) is 24.5. The van der Waals surface area contributed by atoms with Crippen molar-refractivity contribution in [3.63, 3.8) is 0 Å². The van der Waals surface area contributed by atoms with E-state index < -0.39 is 29.8 Å². The van der Waals surface area contributed by atoms with Crippen molar-refractivity contribution in [1.82, 2.24) is 21.3 Å². The van der Waals surface area contributed by atoms with E-state index in [-0.39, 0.29) is 23.8 Å². The van der Waals surface area contributed by atoms with Gasteiger partial charge in [0.25, 0.3) is 5.91 Å². The maximum absolute atomic E-state index is 13.0. The smallest absolute Gasteiger partial charge is 0.255 e. The van der Waals surface area contributed by atoms with Crippen molar-refractivity contribution in [3.05, 3.63) is 29.8 Å². The number of fused-ring (bicyclic) bond motifs is 1. The second-order valence-electron chi connectivity index (χ2n) is 9.16. The number of rotatable bonds is 5. The molecule has 1 saturated carbocycles. The Morgan fingerprint density at radius 3 is 2.64 bits per heavy atom. The van der Waals surface area contributed by atoms with Crippen LogP contribution in [0.5, 0.6) is 5.75 Å². The average Bonchev–Trinajstić information content (AvgIpc) is 3.60. The number of para-hydroxylation sites is 1. The van der Waals surface area contributed by atoms with Crippen LogP contribution in [0.2, 0.25) is 0 Å². The zero-order chi connectivity index (χ0) is 23.8. The minimum absolute atomic E-state index is 0.179. The third kappa shape index (κ3) is 7.76.